The number of rotatable bonds is 9. The number of aliphatic imine (C=N–C) groups is 2. The summed E-state index contributed by atoms with van der Waals surface area (Å²) in [5.74, 6) is -0.0309. The third kappa shape index (κ3) is 4.96. The van der Waals surface area contributed by atoms with E-state index in [9.17, 15) is 14.4 Å². The summed E-state index contributed by atoms with van der Waals surface area (Å²) in [5.41, 5.74) is 12.6. The van der Waals surface area contributed by atoms with Crippen molar-refractivity contribution < 1.29 is 14.4 Å². The lowest BCUT2D eigenvalue weighted by molar-refractivity contribution is -0.127. The molecule has 0 bridgehead atoms. The predicted molar refractivity (Wildman–Crippen MR) is 142 cm³/mol. The molecule has 2 aromatic rings. The molecule has 0 aromatic heterocycles. The van der Waals surface area contributed by atoms with Crippen LogP contribution in [0.15, 0.2) is 51.5 Å². The van der Waals surface area contributed by atoms with Crippen LogP contribution in [0.4, 0.5) is 0 Å². The Balaban J connectivity index is 1.99. The summed E-state index contributed by atoms with van der Waals surface area (Å²) in [6, 6.07) is 11.9. The van der Waals surface area contributed by atoms with Crippen LogP contribution in [0.25, 0.3) is 0 Å². The summed E-state index contributed by atoms with van der Waals surface area (Å²) < 4.78 is 0. The average Bonchev–Trinajstić information content (AvgIpc) is 3.16. The van der Waals surface area contributed by atoms with E-state index in [1.54, 1.807) is 19.2 Å². The molecular formula is C29H33N5O3. The molecule has 2 atom stereocenters. The third-order valence-electron chi connectivity index (χ3n) is 7.75. The summed E-state index contributed by atoms with van der Waals surface area (Å²) in [4.78, 5) is 42.4. The second kappa shape index (κ2) is 11.1. The summed E-state index contributed by atoms with van der Waals surface area (Å²) >= 11 is 0. The number of fused-ring (bicyclic) bond motifs is 2. The van der Waals surface area contributed by atoms with Crippen LogP contribution in [-0.2, 0) is 32.6 Å². The molecule has 0 saturated carbocycles. The minimum atomic E-state index is -0.609. The number of isocyanates is 2. The Kier molecular flexibility index (Phi) is 7.94. The maximum Gasteiger partial charge on any atom is 0.248 e. The number of benzene rings is 2. The van der Waals surface area contributed by atoms with Gasteiger partial charge in [0, 0.05) is 7.05 Å². The fourth-order valence-corrected chi connectivity index (χ4v) is 5.74. The van der Waals surface area contributed by atoms with E-state index in [0.717, 1.165) is 71.2 Å². The first-order valence-electron chi connectivity index (χ1n) is 12.8. The van der Waals surface area contributed by atoms with Crippen molar-refractivity contribution in [1.29, 1.82) is 0 Å². The highest BCUT2D eigenvalue weighted by Gasteiger charge is 2.46. The summed E-state index contributed by atoms with van der Waals surface area (Å²) in [6.45, 7) is 4.34. The predicted octanol–water partition coefficient (Wildman–Crippen LogP) is 4.21. The first kappa shape index (κ1) is 26.4. The Morgan fingerprint density at radius 2 is 1.51 bits per heavy atom. The number of carbonyl (C=O) groups is 1. The lowest BCUT2D eigenvalue weighted by Gasteiger charge is -2.37. The maximum absolute atomic E-state index is 12.7. The molecular weight excluding hydrogens is 466 g/mol. The molecule has 2 aromatic carbocycles. The van der Waals surface area contributed by atoms with Gasteiger partial charge in [0.15, 0.2) is 0 Å². The summed E-state index contributed by atoms with van der Waals surface area (Å²) in [5, 5.41) is 6.23. The van der Waals surface area contributed by atoms with Gasteiger partial charge in [-0.15, -0.1) is 0 Å². The van der Waals surface area contributed by atoms with Crippen molar-refractivity contribution in [2.45, 2.75) is 69.9 Å². The van der Waals surface area contributed by atoms with Gasteiger partial charge in [-0.1, -0.05) is 42.8 Å². The molecule has 0 fully saturated rings. The smallest absolute Gasteiger partial charge is 0.248 e. The zero-order valence-corrected chi connectivity index (χ0v) is 21.7. The van der Waals surface area contributed by atoms with Gasteiger partial charge in [0.2, 0.25) is 18.1 Å². The molecule has 0 radical (unpaired) electrons. The monoisotopic (exact) mass is 499 g/mol. The van der Waals surface area contributed by atoms with E-state index in [-0.39, 0.29) is 24.4 Å². The van der Waals surface area contributed by atoms with Crippen LogP contribution in [0, 0.1) is 0 Å². The van der Waals surface area contributed by atoms with Crippen LogP contribution in [0.3, 0.4) is 0 Å². The van der Waals surface area contributed by atoms with Crippen molar-refractivity contribution in [3.63, 3.8) is 0 Å². The Morgan fingerprint density at radius 3 is 1.95 bits per heavy atom. The number of nitrogens with two attached hydrogens (primary N) is 1. The van der Waals surface area contributed by atoms with Gasteiger partial charge in [-0.05, 0) is 79.5 Å². The van der Waals surface area contributed by atoms with Gasteiger partial charge in [0.05, 0.1) is 29.6 Å². The number of hydrazone groups is 1. The molecule has 1 aliphatic carbocycles. The van der Waals surface area contributed by atoms with Crippen LogP contribution >= 0.6 is 0 Å². The van der Waals surface area contributed by atoms with Gasteiger partial charge in [-0.3, -0.25) is 4.79 Å². The van der Waals surface area contributed by atoms with Crippen molar-refractivity contribution in [2.24, 2.45) is 20.8 Å². The number of amides is 1. The molecule has 8 heteroatoms. The lowest BCUT2D eigenvalue weighted by Crippen LogP contribution is -2.38. The van der Waals surface area contributed by atoms with Gasteiger partial charge >= 0.3 is 0 Å². The van der Waals surface area contributed by atoms with Gasteiger partial charge in [-0.2, -0.15) is 15.1 Å². The third-order valence-corrected chi connectivity index (χ3v) is 7.75. The summed E-state index contributed by atoms with van der Waals surface area (Å²) in [7, 11) is 1.70. The highest BCUT2D eigenvalue weighted by Crippen LogP contribution is 2.47. The van der Waals surface area contributed by atoms with Crippen LogP contribution in [0.2, 0.25) is 0 Å². The topological polar surface area (TPSA) is 118 Å². The molecule has 0 spiro atoms. The molecule has 4 rings (SSSR count). The number of unbranched alkanes of at least 4 members (excludes halogenated alkanes) is 1. The molecule has 37 heavy (non-hydrogen) atoms. The number of hydrogen-bond donors (Lipinski definition) is 1. The molecule has 192 valence electrons. The Hall–Kier alpha value is -3.70. The van der Waals surface area contributed by atoms with Gasteiger partial charge in [-0.25, -0.2) is 14.6 Å². The van der Waals surface area contributed by atoms with Crippen LogP contribution < -0.4 is 5.73 Å². The Morgan fingerprint density at radius 1 is 0.973 bits per heavy atom. The van der Waals surface area contributed by atoms with E-state index in [1.807, 2.05) is 26.0 Å². The minimum Gasteiger partial charge on any atom is -0.330 e. The van der Waals surface area contributed by atoms with E-state index in [4.69, 9.17) is 10.8 Å². The second-order valence-electron chi connectivity index (χ2n) is 9.92. The van der Waals surface area contributed by atoms with Crippen molar-refractivity contribution in [2.75, 3.05) is 13.6 Å². The second-order valence-corrected chi connectivity index (χ2v) is 9.92. The van der Waals surface area contributed by atoms with Crippen LogP contribution in [0.1, 0.15) is 85.0 Å². The van der Waals surface area contributed by atoms with Crippen LogP contribution in [0.5, 0.6) is 0 Å². The molecule has 0 saturated heterocycles. The Bertz CT molecular complexity index is 1250. The quantitative estimate of drug-likeness (QED) is 0.316. The zero-order valence-electron chi connectivity index (χ0n) is 21.7. The first-order chi connectivity index (χ1) is 17.8. The van der Waals surface area contributed by atoms with E-state index in [1.165, 1.54) is 5.01 Å². The number of nitrogens with zero attached hydrogens (tertiary/aromatic N) is 4. The normalized spacial score (nSPS) is 20.1. The van der Waals surface area contributed by atoms with Crippen molar-refractivity contribution in [3.8, 4) is 0 Å². The van der Waals surface area contributed by atoms with Gasteiger partial charge in [0.25, 0.3) is 0 Å². The number of hydrogen-bond acceptors (Lipinski definition) is 7. The van der Waals surface area contributed by atoms with Gasteiger partial charge < -0.3 is 5.73 Å². The highest BCUT2D eigenvalue weighted by molar-refractivity contribution is 6.12. The maximum atomic E-state index is 12.7. The highest BCUT2D eigenvalue weighted by atomic mass is 16.2. The molecule has 2 unspecified atom stereocenters. The van der Waals surface area contributed by atoms with E-state index >= 15 is 0 Å². The molecule has 1 aliphatic heterocycles. The summed E-state index contributed by atoms with van der Waals surface area (Å²) in [6.07, 6.45) is 7.62. The minimum absolute atomic E-state index is 0.0309. The van der Waals surface area contributed by atoms with E-state index in [0.29, 0.717) is 6.54 Å². The average molecular weight is 500 g/mol. The SMILES string of the molecule is CC(N=C=O)c1ccc2c(c1)CCc1cc(C(C)N=C=O)ccc1C2(CCCCN)C1=NN(C)C(=O)C1. The van der Waals surface area contributed by atoms with Crippen molar-refractivity contribution >= 4 is 23.8 Å². The van der Waals surface area contributed by atoms with Crippen molar-refractivity contribution in [3.05, 3.63) is 69.8 Å². The molecule has 8 nitrogen and oxygen atoms in total. The van der Waals surface area contributed by atoms with E-state index in [2.05, 4.69) is 34.3 Å². The van der Waals surface area contributed by atoms with Crippen LogP contribution in [-0.4, -0.2) is 42.4 Å². The standard InChI is InChI=1S/C29H33N5O3/c1-19(31-17-35)21-8-10-25-23(14-21)6-7-24-15-22(20(2)32-18-36)9-11-26(24)29(25,12-4-5-13-30)27-16-28(37)34(3)33-27/h8-11,14-15,19-20H,4-7,12-13,16,30H2,1-3H3. The van der Waals surface area contributed by atoms with Crippen molar-refractivity contribution in [1.82, 2.24) is 5.01 Å². The van der Waals surface area contributed by atoms with Gasteiger partial charge in [0.1, 0.15) is 0 Å². The molecule has 1 heterocycles. The lowest BCUT2D eigenvalue weighted by atomic mass is 9.65. The number of carbonyl (C=O) groups excluding carboxylic acids is 3. The first-order valence-corrected chi connectivity index (χ1v) is 12.8. The largest absolute Gasteiger partial charge is 0.330 e. The number of aryl methyl sites for hydroxylation is 2. The fourth-order valence-electron chi connectivity index (χ4n) is 5.74. The molecule has 2 aliphatic rings. The Labute approximate surface area is 217 Å². The van der Waals surface area contributed by atoms with E-state index < -0.39 is 5.41 Å². The zero-order chi connectivity index (χ0) is 26.6. The molecule has 1 amide bonds. The molecule has 2 N–H and O–H groups in total. The fraction of sp³-hybridized carbons (Fsp3) is 0.448.